The Morgan fingerprint density at radius 2 is 1.58 bits per heavy atom. The third kappa shape index (κ3) is 2.76. The van der Waals surface area contributed by atoms with E-state index < -0.39 is 5.67 Å². The third-order valence-electron chi connectivity index (χ3n) is 3.14. The van der Waals surface area contributed by atoms with Gasteiger partial charge in [-0.15, -0.1) is 0 Å². The van der Waals surface area contributed by atoms with Gasteiger partial charge in [-0.25, -0.2) is 4.39 Å². The van der Waals surface area contributed by atoms with Gasteiger partial charge in [-0.05, 0) is 30.2 Å². The van der Waals surface area contributed by atoms with Gasteiger partial charge in [0.05, 0.1) is 6.61 Å². The number of halogens is 1. The van der Waals surface area contributed by atoms with E-state index >= 15 is 4.39 Å². The molecule has 0 saturated carbocycles. The van der Waals surface area contributed by atoms with Crippen molar-refractivity contribution in [2.45, 2.75) is 12.6 Å². The highest BCUT2D eigenvalue weighted by Crippen LogP contribution is 2.33. The van der Waals surface area contributed by atoms with E-state index in [0.29, 0.717) is 17.7 Å². The summed E-state index contributed by atoms with van der Waals surface area (Å²) in [6.07, 6.45) is 0. The van der Waals surface area contributed by atoms with Crippen molar-refractivity contribution < 1.29 is 9.13 Å². The Labute approximate surface area is 113 Å². The van der Waals surface area contributed by atoms with E-state index in [0.717, 1.165) is 5.75 Å². The molecule has 100 valence electrons. The van der Waals surface area contributed by atoms with E-state index in [1.165, 1.54) is 0 Å². The second kappa shape index (κ2) is 5.85. The van der Waals surface area contributed by atoms with E-state index in [4.69, 9.17) is 10.5 Å². The first-order valence-electron chi connectivity index (χ1n) is 6.38. The summed E-state index contributed by atoms with van der Waals surface area (Å²) in [7, 11) is 0. The molecule has 0 fully saturated rings. The Hall–Kier alpha value is -1.87. The fraction of sp³-hybridized carbons (Fsp3) is 0.250. The van der Waals surface area contributed by atoms with Crippen molar-refractivity contribution in [3.05, 3.63) is 65.7 Å². The molecule has 0 bridgehead atoms. The highest BCUT2D eigenvalue weighted by Gasteiger charge is 2.32. The molecule has 0 heterocycles. The summed E-state index contributed by atoms with van der Waals surface area (Å²) >= 11 is 0. The van der Waals surface area contributed by atoms with Gasteiger partial charge in [-0.3, -0.25) is 0 Å². The maximum Gasteiger partial charge on any atom is 0.173 e. The fourth-order valence-electron chi connectivity index (χ4n) is 2.09. The standard InChI is InChI=1S/C16H18FNO/c1-2-19-15-10-8-14(9-11-15)16(17,12-18)13-6-4-3-5-7-13/h3-11H,2,12,18H2,1H3. The van der Waals surface area contributed by atoms with Gasteiger partial charge in [0.25, 0.3) is 0 Å². The van der Waals surface area contributed by atoms with Gasteiger partial charge in [-0.2, -0.15) is 0 Å². The lowest BCUT2D eigenvalue weighted by molar-refractivity contribution is 0.232. The van der Waals surface area contributed by atoms with Crippen molar-refractivity contribution >= 4 is 0 Å². The summed E-state index contributed by atoms with van der Waals surface area (Å²) in [6.45, 7) is 2.41. The minimum atomic E-state index is -1.66. The van der Waals surface area contributed by atoms with Crippen molar-refractivity contribution in [1.29, 1.82) is 0 Å². The minimum absolute atomic E-state index is 0.0923. The Kier molecular flexibility index (Phi) is 4.17. The first-order chi connectivity index (χ1) is 9.20. The fourth-order valence-corrected chi connectivity index (χ4v) is 2.09. The Bertz CT molecular complexity index is 512. The summed E-state index contributed by atoms with van der Waals surface area (Å²) in [5.74, 6) is 0.735. The summed E-state index contributed by atoms with van der Waals surface area (Å²) < 4.78 is 20.5. The quantitative estimate of drug-likeness (QED) is 0.894. The molecule has 3 heteroatoms. The van der Waals surface area contributed by atoms with Crippen LogP contribution in [0.15, 0.2) is 54.6 Å². The molecule has 2 N–H and O–H groups in total. The molecular formula is C16H18FNO. The number of nitrogens with two attached hydrogens (primary N) is 1. The van der Waals surface area contributed by atoms with Crippen LogP contribution in [0.25, 0.3) is 0 Å². The highest BCUT2D eigenvalue weighted by atomic mass is 19.1. The van der Waals surface area contributed by atoms with Crippen LogP contribution in [0.4, 0.5) is 4.39 Å². The van der Waals surface area contributed by atoms with E-state index in [1.54, 1.807) is 36.4 Å². The van der Waals surface area contributed by atoms with Crippen molar-refractivity contribution in [2.24, 2.45) is 5.73 Å². The van der Waals surface area contributed by atoms with E-state index in [-0.39, 0.29) is 6.54 Å². The number of alkyl halides is 1. The predicted octanol–water partition coefficient (Wildman–Crippen LogP) is 3.26. The molecule has 0 aliphatic carbocycles. The Morgan fingerprint density at radius 1 is 1.00 bits per heavy atom. The number of rotatable bonds is 5. The lowest BCUT2D eigenvalue weighted by Crippen LogP contribution is -2.31. The second-order valence-electron chi connectivity index (χ2n) is 4.33. The van der Waals surface area contributed by atoms with Crippen molar-refractivity contribution in [1.82, 2.24) is 0 Å². The highest BCUT2D eigenvalue weighted by molar-refractivity contribution is 5.39. The van der Waals surface area contributed by atoms with Crippen molar-refractivity contribution in [2.75, 3.05) is 13.2 Å². The molecule has 1 atom stereocenters. The van der Waals surface area contributed by atoms with Gasteiger partial charge < -0.3 is 10.5 Å². The van der Waals surface area contributed by atoms with Crippen LogP contribution in [0.1, 0.15) is 18.1 Å². The van der Waals surface area contributed by atoms with Crippen LogP contribution >= 0.6 is 0 Å². The topological polar surface area (TPSA) is 35.2 Å². The first kappa shape index (κ1) is 13.6. The molecule has 19 heavy (non-hydrogen) atoms. The molecule has 2 aromatic carbocycles. The van der Waals surface area contributed by atoms with E-state index in [9.17, 15) is 0 Å². The molecule has 2 nitrogen and oxygen atoms in total. The lowest BCUT2D eigenvalue weighted by atomic mass is 9.88. The monoisotopic (exact) mass is 259 g/mol. The van der Waals surface area contributed by atoms with Crippen LogP contribution in [0.2, 0.25) is 0 Å². The Balaban J connectivity index is 2.36. The summed E-state index contributed by atoms with van der Waals surface area (Å²) in [6, 6.07) is 16.0. The third-order valence-corrected chi connectivity index (χ3v) is 3.14. The molecular weight excluding hydrogens is 241 g/mol. The van der Waals surface area contributed by atoms with Crippen LogP contribution in [0, 0.1) is 0 Å². The predicted molar refractivity (Wildman–Crippen MR) is 75.0 cm³/mol. The minimum Gasteiger partial charge on any atom is -0.494 e. The molecule has 0 spiro atoms. The first-order valence-corrected chi connectivity index (χ1v) is 6.38. The largest absolute Gasteiger partial charge is 0.494 e. The smallest absolute Gasteiger partial charge is 0.173 e. The number of ether oxygens (including phenoxy) is 1. The molecule has 0 amide bonds. The molecule has 0 radical (unpaired) electrons. The summed E-state index contributed by atoms with van der Waals surface area (Å²) in [5, 5.41) is 0. The van der Waals surface area contributed by atoms with Gasteiger partial charge in [0.2, 0.25) is 0 Å². The zero-order chi connectivity index (χ0) is 13.7. The van der Waals surface area contributed by atoms with Crippen LogP contribution in [0.3, 0.4) is 0 Å². The van der Waals surface area contributed by atoms with Gasteiger partial charge in [0.1, 0.15) is 5.75 Å². The Morgan fingerprint density at radius 3 is 2.11 bits per heavy atom. The van der Waals surface area contributed by atoms with Gasteiger partial charge >= 0.3 is 0 Å². The van der Waals surface area contributed by atoms with Crippen LogP contribution < -0.4 is 10.5 Å². The molecule has 2 aromatic rings. The van der Waals surface area contributed by atoms with Gasteiger partial charge in [0.15, 0.2) is 5.67 Å². The second-order valence-corrected chi connectivity index (χ2v) is 4.33. The zero-order valence-corrected chi connectivity index (χ0v) is 11.0. The normalized spacial score (nSPS) is 13.8. The molecule has 0 aromatic heterocycles. The molecule has 0 aliphatic heterocycles. The number of benzene rings is 2. The molecule has 0 aliphatic rings. The number of hydrogen-bond donors (Lipinski definition) is 1. The van der Waals surface area contributed by atoms with Crippen LogP contribution in [0.5, 0.6) is 5.75 Å². The van der Waals surface area contributed by atoms with E-state index in [2.05, 4.69) is 0 Å². The number of hydrogen-bond acceptors (Lipinski definition) is 2. The zero-order valence-electron chi connectivity index (χ0n) is 11.0. The molecule has 1 unspecified atom stereocenters. The molecule has 0 saturated heterocycles. The van der Waals surface area contributed by atoms with E-state index in [1.807, 2.05) is 25.1 Å². The average Bonchev–Trinajstić information content (AvgIpc) is 2.48. The summed E-state index contributed by atoms with van der Waals surface area (Å²) in [4.78, 5) is 0. The maximum atomic E-state index is 15.1. The van der Waals surface area contributed by atoms with Crippen LogP contribution in [-0.2, 0) is 5.67 Å². The van der Waals surface area contributed by atoms with Gasteiger partial charge in [-0.1, -0.05) is 42.5 Å². The van der Waals surface area contributed by atoms with Gasteiger partial charge in [0, 0.05) is 6.54 Å². The summed E-state index contributed by atoms with van der Waals surface area (Å²) in [5.41, 5.74) is 5.12. The van der Waals surface area contributed by atoms with Crippen molar-refractivity contribution in [3.8, 4) is 5.75 Å². The SMILES string of the molecule is CCOc1ccc(C(F)(CN)c2ccccc2)cc1. The molecule has 2 rings (SSSR count). The van der Waals surface area contributed by atoms with Crippen LogP contribution in [-0.4, -0.2) is 13.2 Å². The maximum absolute atomic E-state index is 15.1. The average molecular weight is 259 g/mol. The van der Waals surface area contributed by atoms with Crippen molar-refractivity contribution in [3.63, 3.8) is 0 Å². The lowest BCUT2D eigenvalue weighted by Gasteiger charge is -2.25.